The van der Waals surface area contributed by atoms with E-state index in [2.05, 4.69) is 19.1 Å². The zero-order valence-electron chi connectivity index (χ0n) is 13.6. The molecule has 1 aliphatic heterocycles. The molecule has 4 nitrogen and oxygen atoms in total. The van der Waals surface area contributed by atoms with Crippen molar-refractivity contribution in [3.8, 4) is 0 Å². The van der Waals surface area contributed by atoms with Crippen LogP contribution in [-0.4, -0.2) is 36.8 Å². The smallest absolute Gasteiger partial charge is 0.225 e. The minimum Gasteiger partial charge on any atom is -0.334 e. The molecule has 0 spiro atoms. The summed E-state index contributed by atoms with van der Waals surface area (Å²) >= 11 is 0. The summed E-state index contributed by atoms with van der Waals surface area (Å²) in [6.07, 6.45) is 1.53. The van der Waals surface area contributed by atoms with E-state index in [4.69, 9.17) is 0 Å². The largest absolute Gasteiger partial charge is 0.334 e. The van der Waals surface area contributed by atoms with E-state index in [0.29, 0.717) is 13.0 Å². The molecule has 1 heterocycles. The number of amides is 1. The first-order chi connectivity index (χ1) is 10.3. The molecular weight excluding hydrogens is 298 g/mol. The molecular formula is C17H25NO3S. The van der Waals surface area contributed by atoms with E-state index in [-0.39, 0.29) is 29.4 Å². The van der Waals surface area contributed by atoms with Gasteiger partial charge in [0.05, 0.1) is 11.5 Å². The van der Waals surface area contributed by atoms with Crippen LogP contribution in [0.25, 0.3) is 0 Å². The summed E-state index contributed by atoms with van der Waals surface area (Å²) in [5, 5.41) is 0. The summed E-state index contributed by atoms with van der Waals surface area (Å²) in [5.41, 5.74) is 2.31. The maximum Gasteiger partial charge on any atom is 0.225 e. The standard InChI is InChI=1S/C17H25NO3S/c1-4-14-5-7-15(8-6-14)11-18(17(19)13(2)3)16-9-10-22(20,21)12-16/h5-8,13,16H,4,9-12H2,1-3H3. The van der Waals surface area contributed by atoms with Crippen LogP contribution in [0, 0.1) is 5.92 Å². The lowest BCUT2D eigenvalue weighted by molar-refractivity contribution is -0.137. The number of hydrogen-bond acceptors (Lipinski definition) is 3. The SMILES string of the molecule is CCc1ccc(CN(C(=O)C(C)C)C2CCS(=O)(=O)C2)cc1. The fraction of sp³-hybridized carbons (Fsp3) is 0.588. The lowest BCUT2D eigenvalue weighted by atomic mass is 10.1. The van der Waals surface area contributed by atoms with Crippen LogP contribution in [0.3, 0.4) is 0 Å². The van der Waals surface area contributed by atoms with Crippen molar-refractivity contribution in [2.24, 2.45) is 5.92 Å². The first-order valence-corrected chi connectivity index (χ1v) is 9.73. The molecule has 0 bridgehead atoms. The van der Waals surface area contributed by atoms with Gasteiger partial charge in [-0.2, -0.15) is 0 Å². The Morgan fingerprint density at radius 3 is 2.27 bits per heavy atom. The van der Waals surface area contributed by atoms with Crippen LogP contribution in [0.2, 0.25) is 0 Å². The van der Waals surface area contributed by atoms with Gasteiger partial charge in [0, 0.05) is 18.5 Å². The number of hydrogen-bond donors (Lipinski definition) is 0. The van der Waals surface area contributed by atoms with Crippen molar-refractivity contribution < 1.29 is 13.2 Å². The summed E-state index contributed by atoms with van der Waals surface area (Å²) in [7, 11) is -3.00. The van der Waals surface area contributed by atoms with Crippen LogP contribution in [0.4, 0.5) is 0 Å². The Balaban J connectivity index is 2.19. The minimum absolute atomic E-state index is 0.0293. The van der Waals surface area contributed by atoms with Gasteiger partial charge in [-0.3, -0.25) is 4.79 Å². The van der Waals surface area contributed by atoms with Gasteiger partial charge in [-0.05, 0) is 24.0 Å². The molecule has 122 valence electrons. The van der Waals surface area contributed by atoms with Crippen molar-refractivity contribution in [3.05, 3.63) is 35.4 Å². The van der Waals surface area contributed by atoms with Crippen LogP contribution < -0.4 is 0 Å². The summed E-state index contributed by atoms with van der Waals surface area (Å²) in [6.45, 7) is 6.31. The molecule has 0 saturated carbocycles. The van der Waals surface area contributed by atoms with Crippen molar-refractivity contribution in [2.75, 3.05) is 11.5 Å². The fourth-order valence-corrected chi connectivity index (χ4v) is 4.55. The summed E-state index contributed by atoms with van der Waals surface area (Å²) in [4.78, 5) is 14.3. The van der Waals surface area contributed by atoms with Crippen molar-refractivity contribution in [1.82, 2.24) is 4.90 Å². The second kappa shape index (κ2) is 6.82. The van der Waals surface area contributed by atoms with E-state index in [1.54, 1.807) is 4.90 Å². The number of benzene rings is 1. The molecule has 2 rings (SSSR count). The molecule has 1 aromatic carbocycles. The van der Waals surface area contributed by atoms with Gasteiger partial charge < -0.3 is 4.90 Å². The number of carbonyl (C=O) groups excluding carboxylic acids is 1. The molecule has 0 aliphatic carbocycles. The predicted octanol–water partition coefficient (Wildman–Crippen LogP) is 2.42. The highest BCUT2D eigenvalue weighted by atomic mass is 32.2. The van der Waals surface area contributed by atoms with E-state index in [1.165, 1.54) is 5.56 Å². The van der Waals surface area contributed by atoms with Gasteiger partial charge in [0.2, 0.25) is 5.91 Å². The third-order valence-electron chi connectivity index (χ3n) is 4.21. The Morgan fingerprint density at radius 1 is 1.23 bits per heavy atom. The molecule has 22 heavy (non-hydrogen) atoms. The van der Waals surface area contributed by atoms with E-state index in [9.17, 15) is 13.2 Å². The molecule has 1 atom stereocenters. The highest BCUT2D eigenvalue weighted by molar-refractivity contribution is 7.91. The predicted molar refractivity (Wildman–Crippen MR) is 88.3 cm³/mol. The number of nitrogens with zero attached hydrogens (tertiary/aromatic N) is 1. The molecule has 1 amide bonds. The average molecular weight is 323 g/mol. The van der Waals surface area contributed by atoms with Crippen molar-refractivity contribution in [3.63, 3.8) is 0 Å². The third-order valence-corrected chi connectivity index (χ3v) is 5.96. The number of rotatable bonds is 5. The van der Waals surface area contributed by atoms with Crippen LogP contribution in [0.5, 0.6) is 0 Å². The van der Waals surface area contributed by atoms with E-state index in [1.807, 2.05) is 26.0 Å². The lowest BCUT2D eigenvalue weighted by Gasteiger charge is -2.30. The quantitative estimate of drug-likeness (QED) is 0.836. The van der Waals surface area contributed by atoms with Crippen LogP contribution >= 0.6 is 0 Å². The average Bonchev–Trinajstić information content (AvgIpc) is 2.84. The topological polar surface area (TPSA) is 54.5 Å². The molecule has 5 heteroatoms. The summed E-state index contributed by atoms with van der Waals surface area (Å²) in [5.74, 6) is 0.187. The van der Waals surface area contributed by atoms with Gasteiger partial charge in [-0.25, -0.2) is 8.42 Å². The van der Waals surface area contributed by atoms with E-state index >= 15 is 0 Å². The minimum atomic E-state index is -3.00. The summed E-state index contributed by atoms with van der Waals surface area (Å²) in [6, 6.07) is 8.01. The third kappa shape index (κ3) is 4.09. The first-order valence-electron chi connectivity index (χ1n) is 7.91. The Bertz CT molecular complexity index is 620. The maximum atomic E-state index is 12.5. The summed E-state index contributed by atoms with van der Waals surface area (Å²) < 4.78 is 23.5. The molecule has 0 radical (unpaired) electrons. The van der Waals surface area contributed by atoms with Crippen LogP contribution in [-0.2, 0) is 27.6 Å². The normalized spacial score (nSPS) is 20.3. The zero-order chi connectivity index (χ0) is 16.3. The highest BCUT2D eigenvalue weighted by Crippen LogP contribution is 2.22. The second-order valence-corrected chi connectivity index (χ2v) is 8.58. The van der Waals surface area contributed by atoms with Gasteiger partial charge in [-0.15, -0.1) is 0 Å². The Labute approximate surface area is 133 Å². The fourth-order valence-electron chi connectivity index (χ4n) is 2.82. The highest BCUT2D eigenvalue weighted by Gasteiger charge is 2.35. The molecule has 1 saturated heterocycles. The lowest BCUT2D eigenvalue weighted by Crippen LogP contribution is -2.42. The zero-order valence-corrected chi connectivity index (χ0v) is 14.4. The molecule has 1 aromatic rings. The number of sulfone groups is 1. The van der Waals surface area contributed by atoms with Gasteiger partial charge in [0.1, 0.15) is 0 Å². The molecule has 0 aromatic heterocycles. The Morgan fingerprint density at radius 2 is 1.82 bits per heavy atom. The van der Waals surface area contributed by atoms with Gasteiger partial charge >= 0.3 is 0 Å². The first kappa shape index (κ1) is 17.0. The van der Waals surface area contributed by atoms with E-state index in [0.717, 1.165) is 12.0 Å². The maximum absolute atomic E-state index is 12.5. The van der Waals surface area contributed by atoms with E-state index < -0.39 is 9.84 Å². The number of carbonyl (C=O) groups is 1. The van der Waals surface area contributed by atoms with Crippen LogP contribution in [0.1, 0.15) is 38.3 Å². The van der Waals surface area contributed by atoms with Crippen molar-refractivity contribution in [2.45, 2.75) is 46.2 Å². The molecule has 1 fully saturated rings. The van der Waals surface area contributed by atoms with Gasteiger partial charge in [-0.1, -0.05) is 45.0 Å². The second-order valence-electron chi connectivity index (χ2n) is 6.35. The Kier molecular flexibility index (Phi) is 5.27. The van der Waals surface area contributed by atoms with Crippen LogP contribution in [0.15, 0.2) is 24.3 Å². The monoisotopic (exact) mass is 323 g/mol. The molecule has 0 N–H and O–H groups in total. The molecule has 1 aliphatic rings. The van der Waals surface area contributed by atoms with Crippen molar-refractivity contribution >= 4 is 15.7 Å². The number of aryl methyl sites for hydroxylation is 1. The Hall–Kier alpha value is -1.36. The van der Waals surface area contributed by atoms with Gasteiger partial charge in [0.15, 0.2) is 9.84 Å². The van der Waals surface area contributed by atoms with Crippen molar-refractivity contribution in [1.29, 1.82) is 0 Å². The molecule has 1 unspecified atom stereocenters. The van der Waals surface area contributed by atoms with Gasteiger partial charge in [0.25, 0.3) is 0 Å².